The molecule has 10 aliphatic heterocycles. The van der Waals surface area contributed by atoms with Crippen LogP contribution in [0, 0.1) is 0 Å². The summed E-state index contributed by atoms with van der Waals surface area (Å²) in [5.74, 6) is 0. The van der Waals surface area contributed by atoms with Crippen molar-refractivity contribution in [1.82, 2.24) is 0 Å². The van der Waals surface area contributed by atoms with Gasteiger partial charge in [-0.15, -0.1) is 0 Å². The van der Waals surface area contributed by atoms with Crippen LogP contribution in [0.3, 0.4) is 0 Å². The number of carbonyl (C=O) groups is 1. The van der Waals surface area contributed by atoms with Gasteiger partial charge < -0.3 is 5.11 Å². The number of hydrogen-bond donors (Lipinski definition) is 1. The molecule has 1 N–H and O–H groups in total. The minimum atomic E-state index is -2.28. The summed E-state index contributed by atoms with van der Waals surface area (Å²) in [6, 6.07) is 0. The monoisotopic (exact) mass is 232 g/mol. The Morgan fingerprint density at radius 3 is 0.857 bits per heavy atom. The Bertz CT molecular complexity index is 625. The summed E-state index contributed by atoms with van der Waals surface area (Å²) in [7, 11) is 0. The Labute approximate surface area is 71.3 Å². The first kappa shape index (κ1) is 4.88. The summed E-state index contributed by atoms with van der Waals surface area (Å²) in [6.45, 7) is -2.53. The van der Waals surface area contributed by atoms with Crippen molar-refractivity contribution in [2.45, 2.75) is 48.2 Å². The Balaban J connectivity index is 0.000000151. The van der Waals surface area contributed by atoms with E-state index in [1.807, 2.05) is 0 Å². The Morgan fingerprint density at radius 1 is 0.714 bits per heavy atom. The molecule has 0 unspecified atom stereocenters. The molecule has 0 bridgehead atoms. The van der Waals surface area contributed by atoms with Gasteiger partial charge in [0.2, 0.25) is 0 Å². The third-order valence-corrected chi connectivity index (χ3v) is 56.5. The van der Waals surface area contributed by atoms with Crippen LogP contribution in [0.25, 0.3) is 0 Å². The summed E-state index contributed by atoms with van der Waals surface area (Å²) < 4.78 is 0. The number of carboxylic acid groups (broad SMARTS) is 1. The minimum absolute atomic E-state index is 0.250. The molecular formula is C11H12FeO2. The predicted octanol–water partition coefficient (Wildman–Crippen LogP) is 3.08. The molecule has 0 saturated carbocycles. The maximum absolute atomic E-state index is 8.36. The molecule has 2 nitrogen and oxygen atoms in total. The van der Waals surface area contributed by atoms with Gasteiger partial charge in [0.1, 0.15) is 0 Å². The van der Waals surface area contributed by atoms with Crippen LogP contribution in [0.2, 0.25) is 48.2 Å². The molecule has 3 heteroatoms. The second-order valence-electron chi connectivity index (χ2n) is 9.69. The van der Waals surface area contributed by atoms with Gasteiger partial charge in [0, 0.05) is 0 Å². The molecule has 0 aromatic rings. The van der Waals surface area contributed by atoms with Crippen molar-refractivity contribution in [3.63, 3.8) is 0 Å². The van der Waals surface area contributed by atoms with E-state index in [0.29, 0.717) is 0 Å². The summed E-state index contributed by atoms with van der Waals surface area (Å²) in [5, 5.41) is 6.89. The normalized spacial score (nSPS) is 135. The molecule has 0 aromatic carbocycles. The summed E-state index contributed by atoms with van der Waals surface area (Å²) in [4.78, 5) is 24.3. The molecule has 10 aliphatic rings. The van der Waals surface area contributed by atoms with Crippen LogP contribution in [0.1, 0.15) is 0 Å². The topological polar surface area (TPSA) is 37.3 Å². The molecule has 76 valence electrons. The first-order valence-electron chi connectivity index (χ1n) is 5.87. The fraction of sp³-hybridized carbons (Fsp3) is 0.909. The number of hydrogen-bond acceptors (Lipinski definition) is 1. The zero-order valence-electron chi connectivity index (χ0n) is 7.56. The Morgan fingerprint density at radius 2 is 0.857 bits per heavy atom. The average molecular weight is 232 g/mol. The molecular weight excluding hydrogens is 220 g/mol. The van der Waals surface area contributed by atoms with Gasteiger partial charge in [-0.1, -0.05) is 0 Å². The van der Waals surface area contributed by atoms with E-state index in [9.17, 15) is 0 Å². The van der Waals surface area contributed by atoms with Crippen molar-refractivity contribution in [2.75, 3.05) is 0 Å². The molecule has 10 fully saturated rings. The van der Waals surface area contributed by atoms with Crippen LogP contribution < -0.4 is 0 Å². The number of fused-ring (bicyclic) bond motifs is 10. The summed E-state index contributed by atoms with van der Waals surface area (Å²) >= 11 is 0. The van der Waals surface area contributed by atoms with E-state index in [2.05, 4.69) is 0 Å². The van der Waals surface area contributed by atoms with E-state index in [1.54, 1.807) is 48.2 Å². The summed E-state index contributed by atoms with van der Waals surface area (Å²) in [5.41, 5.74) is 0. The van der Waals surface area contributed by atoms with E-state index in [1.165, 1.54) is 0 Å². The third-order valence-electron chi connectivity index (χ3n) is 14.5. The Hall–Kier alpha value is -0.0105. The molecule has 14 heavy (non-hydrogen) atoms. The van der Waals surface area contributed by atoms with Gasteiger partial charge in [-0.25, -0.2) is 0 Å². The van der Waals surface area contributed by atoms with E-state index in [0.717, 1.165) is 0 Å². The molecule has 0 aromatic heterocycles. The first-order valence-corrected chi connectivity index (χ1v) is 12.2. The molecule has 10 heterocycles. The quantitative estimate of drug-likeness (QED) is 0.514. The van der Waals surface area contributed by atoms with Crippen LogP contribution in [0.15, 0.2) is 0 Å². The fourth-order valence-electron chi connectivity index (χ4n) is 15.8. The summed E-state index contributed by atoms with van der Waals surface area (Å²) in [6.07, 6.45) is 0. The van der Waals surface area contributed by atoms with Gasteiger partial charge >= 0.3 is 54.7 Å². The molecule has 1 spiro atoms. The van der Waals surface area contributed by atoms with Gasteiger partial charge in [-0.2, -0.15) is 0 Å². The van der Waals surface area contributed by atoms with Gasteiger partial charge in [0.15, 0.2) is 0 Å². The number of rotatable bonds is 0. The van der Waals surface area contributed by atoms with Crippen molar-refractivity contribution >= 4 is 6.47 Å². The van der Waals surface area contributed by atoms with Gasteiger partial charge in [0.25, 0.3) is 6.47 Å². The molecule has 10 saturated heterocycles. The van der Waals surface area contributed by atoms with Crippen molar-refractivity contribution in [3.8, 4) is 0 Å². The van der Waals surface area contributed by atoms with Crippen molar-refractivity contribution in [3.05, 3.63) is 0 Å². The van der Waals surface area contributed by atoms with Crippen molar-refractivity contribution < 1.29 is 16.4 Å². The van der Waals surface area contributed by atoms with E-state index in [-0.39, 0.29) is 6.47 Å². The molecule has 0 atom stereocenters. The second kappa shape index (κ2) is 0.323. The molecule has 0 radical (unpaired) electrons. The molecule has 0 amide bonds. The zero-order chi connectivity index (χ0) is 8.80. The van der Waals surface area contributed by atoms with Gasteiger partial charge in [0.05, 0.1) is 0 Å². The van der Waals surface area contributed by atoms with E-state index in [4.69, 9.17) is 9.90 Å². The zero-order valence-corrected chi connectivity index (χ0v) is 8.66. The maximum atomic E-state index is 8.36. The SMILES string of the molecule is O=CO.[CH]12[CH]3[CH]4[CH]5[CH]1[Fe]23451678[CH]2[CH]1[CH]6[CH]7[CH]28. The van der Waals surface area contributed by atoms with Crippen LogP contribution in [0.4, 0.5) is 0 Å². The molecule has 0 aliphatic carbocycles. The Kier molecular flexibility index (Phi) is 0.113. The van der Waals surface area contributed by atoms with Crippen molar-refractivity contribution in [1.29, 1.82) is 0 Å². The first-order chi connectivity index (χ1) is 6.57. The van der Waals surface area contributed by atoms with Crippen LogP contribution >= 0.6 is 0 Å². The van der Waals surface area contributed by atoms with Crippen molar-refractivity contribution in [2.24, 2.45) is 0 Å². The fourth-order valence-corrected chi connectivity index (χ4v) is 88.0. The van der Waals surface area contributed by atoms with Crippen LogP contribution in [0.5, 0.6) is 0 Å². The third kappa shape index (κ3) is 0.0362. The van der Waals surface area contributed by atoms with Crippen LogP contribution in [-0.4, -0.2) is 11.6 Å². The molecule has 10 rings (SSSR count). The predicted molar refractivity (Wildman–Crippen MR) is 46.2 cm³/mol. The van der Waals surface area contributed by atoms with Gasteiger partial charge in [-0.05, 0) is 0 Å². The van der Waals surface area contributed by atoms with E-state index < -0.39 is 6.51 Å². The average Bonchev–Trinajstić information content (AvgIpc) is 3.15. The van der Waals surface area contributed by atoms with E-state index >= 15 is 0 Å². The standard InChI is InChI=1S/2C5H5.CH2O2.Fe/c2*1-2-4-5-3-1;2-1-3;/h2*1-5H;1H,(H,2,3);. The van der Waals surface area contributed by atoms with Gasteiger partial charge in [-0.3, -0.25) is 4.79 Å². The van der Waals surface area contributed by atoms with Crippen LogP contribution in [-0.2, 0) is 11.3 Å². The second-order valence-corrected chi connectivity index (χ2v) is 33.6.